The first kappa shape index (κ1) is 15.8. The average molecular weight is 339 g/mol. The third kappa shape index (κ3) is 3.14. The van der Waals surface area contributed by atoms with E-state index in [1.54, 1.807) is 11.2 Å². The summed E-state index contributed by atoms with van der Waals surface area (Å²) in [5.74, 6) is -0.159. The smallest absolute Gasteiger partial charge is 0.228 e. The molecule has 7 nitrogen and oxygen atoms in total. The van der Waals surface area contributed by atoms with Gasteiger partial charge in [-0.15, -0.1) is 0 Å². The van der Waals surface area contributed by atoms with Gasteiger partial charge in [-0.3, -0.25) is 9.59 Å². The first-order valence-corrected chi connectivity index (χ1v) is 8.70. The highest BCUT2D eigenvalue weighted by atomic mass is 16.2. The molecule has 2 aliphatic rings. The van der Waals surface area contributed by atoms with Crippen LogP contribution < -0.4 is 4.90 Å². The van der Waals surface area contributed by atoms with Crippen LogP contribution in [0.2, 0.25) is 0 Å². The Bertz CT molecular complexity index is 746. The molecule has 0 aliphatic carbocycles. The molecule has 0 saturated carbocycles. The Kier molecular flexibility index (Phi) is 4.21. The Hall–Kier alpha value is -2.70. The summed E-state index contributed by atoms with van der Waals surface area (Å²) in [6.45, 7) is 1.85. The van der Waals surface area contributed by atoms with Gasteiger partial charge in [0, 0.05) is 31.7 Å². The number of hydrogen-bond donors (Lipinski definition) is 0. The van der Waals surface area contributed by atoms with Gasteiger partial charge in [-0.25, -0.2) is 9.67 Å². The summed E-state index contributed by atoms with van der Waals surface area (Å²) in [4.78, 5) is 32.9. The van der Waals surface area contributed by atoms with Crippen LogP contribution >= 0.6 is 0 Å². The van der Waals surface area contributed by atoms with Gasteiger partial charge in [0.25, 0.3) is 0 Å². The van der Waals surface area contributed by atoms with Crippen LogP contribution in [0.1, 0.15) is 25.3 Å². The van der Waals surface area contributed by atoms with Gasteiger partial charge in [-0.2, -0.15) is 5.10 Å². The fourth-order valence-corrected chi connectivity index (χ4v) is 3.77. The van der Waals surface area contributed by atoms with Gasteiger partial charge in [-0.1, -0.05) is 18.2 Å². The van der Waals surface area contributed by atoms with Crippen molar-refractivity contribution < 1.29 is 9.59 Å². The second-order valence-corrected chi connectivity index (χ2v) is 6.70. The zero-order chi connectivity index (χ0) is 17.2. The van der Waals surface area contributed by atoms with E-state index < -0.39 is 0 Å². The molecule has 3 heterocycles. The van der Waals surface area contributed by atoms with Crippen molar-refractivity contribution in [3.8, 4) is 0 Å². The Morgan fingerprint density at radius 1 is 1.16 bits per heavy atom. The lowest BCUT2D eigenvalue weighted by atomic mass is 10.0. The van der Waals surface area contributed by atoms with E-state index in [0.717, 1.165) is 25.1 Å². The summed E-state index contributed by atoms with van der Waals surface area (Å²) in [5, 5.41) is 4.20. The first-order valence-electron chi connectivity index (χ1n) is 8.70. The zero-order valence-corrected chi connectivity index (χ0v) is 14.0. The van der Waals surface area contributed by atoms with Crippen LogP contribution in [-0.4, -0.2) is 51.1 Å². The number of piperidine rings is 1. The molecule has 130 valence electrons. The minimum absolute atomic E-state index is 0.0226. The molecule has 2 atom stereocenters. The fourth-order valence-electron chi connectivity index (χ4n) is 3.77. The van der Waals surface area contributed by atoms with Crippen LogP contribution in [0.25, 0.3) is 0 Å². The predicted molar refractivity (Wildman–Crippen MR) is 91.8 cm³/mol. The fraction of sp³-hybridized carbons (Fsp3) is 0.444. The molecule has 0 spiro atoms. The van der Waals surface area contributed by atoms with Gasteiger partial charge < -0.3 is 9.80 Å². The number of anilines is 1. The summed E-state index contributed by atoms with van der Waals surface area (Å²) in [7, 11) is 0. The summed E-state index contributed by atoms with van der Waals surface area (Å²) < 4.78 is 1.83. The van der Waals surface area contributed by atoms with Crippen molar-refractivity contribution in [3.63, 3.8) is 0 Å². The summed E-state index contributed by atoms with van der Waals surface area (Å²) >= 11 is 0. The molecule has 25 heavy (non-hydrogen) atoms. The van der Waals surface area contributed by atoms with E-state index in [0.29, 0.717) is 13.1 Å². The van der Waals surface area contributed by atoms with Crippen LogP contribution in [-0.2, 0) is 9.59 Å². The molecule has 2 aliphatic heterocycles. The van der Waals surface area contributed by atoms with E-state index in [1.807, 2.05) is 39.9 Å². The maximum Gasteiger partial charge on any atom is 0.228 e. The minimum Gasteiger partial charge on any atom is -0.340 e. The standard InChI is InChI=1S/C18H21N5O2/c24-17-9-14(10-22(17)15-5-2-1-3-6-15)18(25)21-8-4-7-16(11-21)23-13-19-12-20-23/h1-3,5-6,12-14,16H,4,7-11H2. The second kappa shape index (κ2) is 6.66. The monoisotopic (exact) mass is 339 g/mol. The Morgan fingerprint density at radius 2 is 2.00 bits per heavy atom. The number of carbonyl (C=O) groups excluding carboxylic acids is 2. The molecule has 2 amide bonds. The third-order valence-electron chi connectivity index (χ3n) is 5.06. The van der Waals surface area contributed by atoms with Crippen LogP contribution in [0.4, 0.5) is 5.69 Å². The van der Waals surface area contributed by atoms with E-state index in [2.05, 4.69) is 10.1 Å². The molecule has 2 aromatic rings. The number of carbonyl (C=O) groups is 2. The highest BCUT2D eigenvalue weighted by Gasteiger charge is 2.38. The van der Waals surface area contributed by atoms with Gasteiger partial charge >= 0.3 is 0 Å². The quantitative estimate of drug-likeness (QED) is 0.849. The van der Waals surface area contributed by atoms with Gasteiger partial charge in [0.05, 0.1) is 12.0 Å². The van der Waals surface area contributed by atoms with Crippen LogP contribution in [0.15, 0.2) is 43.0 Å². The van der Waals surface area contributed by atoms with E-state index in [1.165, 1.54) is 6.33 Å². The largest absolute Gasteiger partial charge is 0.340 e. The normalized spacial score (nSPS) is 23.9. The maximum atomic E-state index is 12.9. The average Bonchev–Trinajstić information content (AvgIpc) is 3.32. The minimum atomic E-state index is -0.262. The Morgan fingerprint density at radius 3 is 2.76 bits per heavy atom. The molecular weight excluding hydrogens is 318 g/mol. The summed E-state index contributed by atoms with van der Waals surface area (Å²) in [5.41, 5.74) is 0.863. The van der Waals surface area contributed by atoms with E-state index in [9.17, 15) is 9.59 Å². The number of amides is 2. The summed E-state index contributed by atoms with van der Waals surface area (Å²) in [6.07, 6.45) is 5.45. The molecule has 2 saturated heterocycles. The number of aromatic nitrogens is 3. The molecule has 1 aromatic heterocycles. The van der Waals surface area contributed by atoms with Crippen molar-refractivity contribution in [1.29, 1.82) is 0 Å². The maximum absolute atomic E-state index is 12.9. The van der Waals surface area contributed by atoms with Crippen molar-refractivity contribution in [2.75, 3.05) is 24.5 Å². The highest BCUT2D eigenvalue weighted by Crippen LogP contribution is 2.28. The number of nitrogens with zero attached hydrogens (tertiary/aromatic N) is 5. The van der Waals surface area contributed by atoms with Crippen molar-refractivity contribution in [2.24, 2.45) is 5.92 Å². The number of para-hydroxylation sites is 1. The van der Waals surface area contributed by atoms with Gasteiger partial charge in [-0.05, 0) is 25.0 Å². The Labute approximate surface area is 146 Å². The van der Waals surface area contributed by atoms with Crippen LogP contribution in [0, 0.1) is 5.92 Å². The molecule has 0 N–H and O–H groups in total. The number of hydrogen-bond acceptors (Lipinski definition) is 4. The van der Waals surface area contributed by atoms with E-state index >= 15 is 0 Å². The zero-order valence-electron chi connectivity index (χ0n) is 14.0. The van der Waals surface area contributed by atoms with Crippen molar-refractivity contribution >= 4 is 17.5 Å². The molecule has 0 bridgehead atoms. The van der Waals surface area contributed by atoms with Gasteiger partial charge in [0.1, 0.15) is 12.7 Å². The SMILES string of the molecule is O=C(C1CC(=O)N(c2ccccc2)C1)N1CCCC(n2cncn2)C1. The van der Waals surface area contributed by atoms with Gasteiger partial charge in [0.15, 0.2) is 0 Å². The molecule has 7 heteroatoms. The highest BCUT2D eigenvalue weighted by molar-refractivity contribution is 6.00. The van der Waals surface area contributed by atoms with Crippen molar-refractivity contribution in [2.45, 2.75) is 25.3 Å². The van der Waals surface area contributed by atoms with Crippen LogP contribution in [0.3, 0.4) is 0 Å². The lowest BCUT2D eigenvalue weighted by Crippen LogP contribution is -2.44. The van der Waals surface area contributed by atoms with Crippen molar-refractivity contribution in [1.82, 2.24) is 19.7 Å². The van der Waals surface area contributed by atoms with E-state index in [4.69, 9.17) is 0 Å². The van der Waals surface area contributed by atoms with E-state index in [-0.39, 0.29) is 30.2 Å². The van der Waals surface area contributed by atoms with Gasteiger partial charge in [0.2, 0.25) is 11.8 Å². The molecular formula is C18H21N5O2. The molecule has 2 fully saturated rings. The Balaban J connectivity index is 1.43. The predicted octanol–water partition coefficient (Wildman–Crippen LogP) is 1.49. The topological polar surface area (TPSA) is 71.3 Å². The number of benzene rings is 1. The molecule has 4 rings (SSSR count). The molecule has 2 unspecified atom stereocenters. The first-order chi connectivity index (χ1) is 12.2. The molecule has 0 radical (unpaired) electrons. The van der Waals surface area contributed by atoms with Crippen LogP contribution in [0.5, 0.6) is 0 Å². The third-order valence-corrected chi connectivity index (χ3v) is 5.06. The number of rotatable bonds is 3. The lowest BCUT2D eigenvalue weighted by molar-refractivity contribution is -0.137. The molecule has 1 aromatic carbocycles. The second-order valence-electron chi connectivity index (χ2n) is 6.70. The van der Waals surface area contributed by atoms with Crippen molar-refractivity contribution in [3.05, 3.63) is 43.0 Å². The summed E-state index contributed by atoms with van der Waals surface area (Å²) in [6, 6.07) is 9.72. The lowest BCUT2D eigenvalue weighted by Gasteiger charge is -2.34. The number of likely N-dealkylation sites (tertiary alicyclic amines) is 1.